The molecule has 0 aliphatic carbocycles. The lowest BCUT2D eigenvalue weighted by molar-refractivity contribution is 0.0519. The van der Waals surface area contributed by atoms with Crippen molar-refractivity contribution in [2.24, 2.45) is 5.16 Å². The Morgan fingerprint density at radius 3 is 2.74 bits per heavy atom. The van der Waals surface area contributed by atoms with Crippen LogP contribution in [0.2, 0.25) is 10.0 Å². The maximum absolute atomic E-state index is 12.1. The van der Waals surface area contributed by atoms with E-state index < -0.39 is 5.97 Å². The molecule has 0 saturated heterocycles. The van der Waals surface area contributed by atoms with Crippen LogP contribution in [-0.2, 0) is 4.84 Å². The number of hydrogen-bond donors (Lipinski definition) is 0. The Morgan fingerprint density at radius 1 is 1.15 bits per heavy atom. The largest absolute Gasteiger partial charge is 0.365 e. The monoisotopic (exact) mass is 415 g/mol. The van der Waals surface area contributed by atoms with Crippen LogP contribution in [0.25, 0.3) is 16.2 Å². The number of carbonyl (C=O) groups is 1. The third-order valence-electron chi connectivity index (χ3n) is 3.81. The molecule has 0 aliphatic rings. The number of benzene rings is 2. The fourth-order valence-electron chi connectivity index (χ4n) is 2.54. The zero-order chi connectivity index (χ0) is 18.8. The number of aromatic nitrogens is 2. The van der Waals surface area contributed by atoms with Crippen LogP contribution in [0.4, 0.5) is 0 Å². The van der Waals surface area contributed by atoms with E-state index in [0.29, 0.717) is 5.02 Å². The maximum Gasteiger partial charge on any atom is 0.365 e. The van der Waals surface area contributed by atoms with Gasteiger partial charge in [0.05, 0.1) is 33.2 Å². The van der Waals surface area contributed by atoms with Gasteiger partial charge in [-0.1, -0.05) is 58.7 Å². The second kappa shape index (κ2) is 7.52. The smallest absolute Gasteiger partial charge is 0.313 e. The maximum atomic E-state index is 12.1. The standard InChI is InChI=1S/C19H11Cl2N3O2S/c20-14-7-6-13(10-15(14)21)18(25)26-22-11-16-17(12-4-2-1-3-5-12)23-19-24(16)8-9-27-19/h1-11H/b22-11+. The second-order valence-electron chi connectivity index (χ2n) is 5.51. The number of nitrogens with zero attached hydrogens (tertiary/aromatic N) is 3. The summed E-state index contributed by atoms with van der Waals surface area (Å²) in [6.45, 7) is 0. The van der Waals surface area contributed by atoms with Gasteiger partial charge in [0.2, 0.25) is 0 Å². The lowest BCUT2D eigenvalue weighted by atomic mass is 10.1. The number of oxime groups is 1. The van der Waals surface area contributed by atoms with E-state index in [2.05, 4.69) is 10.1 Å². The van der Waals surface area contributed by atoms with Gasteiger partial charge in [-0.15, -0.1) is 11.3 Å². The van der Waals surface area contributed by atoms with E-state index >= 15 is 0 Å². The molecule has 0 atom stereocenters. The molecule has 27 heavy (non-hydrogen) atoms. The van der Waals surface area contributed by atoms with Crippen molar-refractivity contribution in [1.82, 2.24) is 9.38 Å². The number of hydrogen-bond acceptors (Lipinski definition) is 5. The molecule has 0 amide bonds. The Morgan fingerprint density at radius 2 is 1.96 bits per heavy atom. The van der Waals surface area contributed by atoms with Gasteiger partial charge < -0.3 is 4.84 Å². The van der Waals surface area contributed by atoms with E-state index in [4.69, 9.17) is 28.0 Å². The minimum atomic E-state index is -0.628. The summed E-state index contributed by atoms with van der Waals surface area (Å²) < 4.78 is 1.89. The van der Waals surface area contributed by atoms with Crippen LogP contribution in [0, 0.1) is 0 Å². The van der Waals surface area contributed by atoms with Crippen LogP contribution in [-0.4, -0.2) is 21.6 Å². The van der Waals surface area contributed by atoms with Crippen molar-refractivity contribution in [2.75, 3.05) is 0 Å². The quantitative estimate of drug-likeness (QED) is 0.249. The summed E-state index contributed by atoms with van der Waals surface area (Å²) in [5, 5.41) is 6.42. The van der Waals surface area contributed by atoms with Crippen LogP contribution in [0.15, 0.2) is 65.3 Å². The van der Waals surface area contributed by atoms with E-state index in [0.717, 1.165) is 21.9 Å². The lowest BCUT2D eigenvalue weighted by Gasteiger charge is -2.01. The Labute approximate surface area is 168 Å². The highest BCUT2D eigenvalue weighted by atomic mass is 35.5. The highest BCUT2D eigenvalue weighted by Crippen LogP contribution is 2.26. The van der Waals surface area contributed by atoms with Crippen molar-refractivity contribution in [2.45, 2.75) is 0 Å². The van der Waals surface area contributed by atoms with E-state index in [9.17, 15) is 4.79 Å². The number of carbonyl (C=O) groups excluding carboxylic acids is 1. The average molecular weight is 416 g/mol. The van der Waals surface area contributed by atoms with Crippen molar-refractivity contribution >= 4 is 51.7 Å². The molecule has 0 fully saturated rings. The number of thiazole rings is 1. The molecule has 0 N–H and O–H groups in total. The van der Waals surface area contributed by atoms with Gasteiger partial charge in [-0.05, 0) is 18.2 Å². The fraction of sp³-hybridized carbons (Fsp3) is 0. The predicted molar refractivity (Wildman–Crippen MR) is 108 cm³/mol. The molecular formula is C19H11Cl2N3O2S. The Bertz CT molecular complexity index is 1150. The molecule has 2 heterocycles. The molecule has 134 valence electrons. The summed E-state index contributed by atoms with van der Waals surface area (Å²) in [5.41, 5.74) is 2.70. The van der Waals surface area contributed by atoms with Crippen LogP contribution >= 0.6 is 34.5 Å². The van der Waals surface area contributed by atoms with Gasteiger partial charge in [0, 0.05) is 17.1 Å². The molecular weight excluding hydrogens is 405 g/mol. The predicted octanol–water partition coefficient (Wildman–Crippen LogP) is 5.56. The highest BCUT2D eigenvalue weighted by Gasteiger charge is 2.14. The Hall–Kier alpha value is -2.67. The number of fused-ring (bicyclic) bond motifs is 1. The van der Waals surface area contributed by atoms with Crippen LogP contribution in [0.3, 0.4) is 0 Å². The Kier molecular flexibility index (Phi) is 4.94. The molecule has 0 radical (unpaired) electrons. The molecule has 0 aliphatic heterocycles. The third-order valence-corrected chi connectivity index (χ3v) is 5.31. The van der Waals surface area contributed by atoms with E-state index in [1.807, 2.05) is 46.3 Å². The molecule has 4 rings (SSSR count). The summed E-state index contributed by atoms with van der Waals surface area (Å²) in [5.74, 6) is -0.628. The first-order valence-electron chi connectivity index (χ1n) is 7.84. The Balaban J connectivity index is 1.62. The fourth-order valence-corrected chi connectivity index (χ4v) is 3.55. The molecule has 2 aromatic heterocycles. The van der Waals surface area contributed by atoms with Crippen molar-refractivity contribution in [1.29, 1.82) is 0 Å². The van der Waals surface area contributed by atoms with Crippen molar-refractivity contribution in [3.63, 3.8) is 0 Å². The van der Waals surface area contributed by atoms with Crippen LogP contribution < -0.4 is 0 Å². The van der Waals surface area contributed by atoms with Crippen LogP contribution in [0.5, 0.6) is 0 Å². The van der Waals surface area contributed by atoms with Gasteiger partial charge in [-0.25, -0.2) is 9.78 Å². The molecule has 5 nitrogen and oxygen atoms in total. The average Bonchev–Trinajstić information content (AvgIpc) is 3.27. The molecule has 0 unspecified atom stereocenters. The molecule has 0 saturated carbocycles. The van der Waals surface area contributed by atoms with Gasteiger partial charge in [0.15, 0.2) is 4.96 Å². The summed E-state index contributed by atoms with van der Waals surface area (Å²) in [7, 11) is 0. The van der Waals surface area contributed by atoms with Gasteiger partial charge in [0.1, 0.15) is 0 Å². The van der Waals surface area contributed by atoms with Crippen LogP contribution in [0.1, 0.15) is 16.1 Å². The minimum Gasteiger partial charge on any atom is -0.313 e. The van der Waals surface area contributed by atoms with E-state index in [1.165, 1.54) is 35.8 Å². The van der Waals surface area contributed by atoms with E-state index in [1.54, 1.807) is 0 Å². The third kappa shape index (κ3) is 3.60. The molecule has 2 aromatic carbocycles. The first-order valence-corrected chi connectivity index (χ1v) is 9.48. The summed E-state index contributed by atoms with van der Waals surface area (Å²) in [6.07, 6.45) is 3.37. The number of rotatable bonds is 4. The summed E-state index contributed by atoms with van der Waals surface area (Å²) in [6, 6.07) is 14.2. The van der Waals surface area contributed by atoms with Crippen molar-refractivity contribution in [3.8, 4) is 11.3 Å². The minimum absolute atomic E-state index is 0.263. The molecule has 8 heteroatoms. The van der Waals surface area contributed by atoms with Gasteiger partial charge in [-0.2, -0.15) is 0 Å². The SMILES string of the molecule is O=C(O/N=C/c1c(-c2ccccc2)nc2sccn12)c1ccc(Cl)c(Cl)c1. The first-order chi connectivity index (χ1) is 13.1. The molecule has 4 aromatic rings. The van der Waals surface area contributed by atoms with Crippen molar-refractivity contribution in [3.05, 3.63) is 81.4 Å². The number of halogens is 2. The number of imidazole rings is 1. The van der Waals surface area contributed by atoms with Gasteiger partial charge in [0.25, 0.3) is 0 Å². The summed E-state index contributed by atoms with van der Waals surface area (Å²) >= 11 is 13.3. The first kappa shape index (κ1) is 17.7. The zero-order valence-corrected chi connectivity index (χ0v) is 16.0. The summed E-state index contributed by atoms with van der Waals surface area (Å²) in [4.78, 5) is 22.6. The normalized spacial score (nSPS) is 11.3. The molecule has 0 spiro atoms. The topological polar surface area (TPSA) is 56.0 Å². The lowest BCUT2D eigenvalue weighted by Crippen LogP contribution is -2.01. The van der Waals surface area contributed by atoms with Gasteiger partial charge >= 0.3 is 5.97 Å². The van der Waals surface area contributed by atoms with Crippen molar-refractivity contribution < 1.29 is 9.63 Å². The molecule has 0 bridgehead atoms. The zero-order valence-electron chi connectivity index (χ0n) is 13.7. The highest BCUT2D eigenvalue weighted by molar-refractivity contribution is 7.15. The van der Waals surface area contributed by atoms with E-state index in [-0.39, 0.29) is 10.6 Å². The van der Waals surface area contributed by atoms with Gasteiger partial charge in [-0.3, -0.25) is 4.40 Å². The second-order valence-corrected chi connectivity index (χ2v) is 7.20.